The van der Waals surface area contributed by atoms with Crippen molar-refractivity contribution in [3.63, 3.8) is 0 Å². The van der Waals surface area contributed by atoms with Gasteiger partial charge >= 0.3 is 0 Å². The van der Waals surface area contributed by atoms with Crippen LogP contribution in [-0.4, -0.2) is 37.8 Å². The summed E-state index contributed by atoms with van der Waals surface area (Å²) in [6, 6.07) is 10.7. The van der Waals surface area contributed by atoms with Gasteiger partial charge in [-0.1, -0.05) is 11.6 Å². The normalized spacial score (nSPS) is 16.1. The molecule has 2 aromatic carbocycles. The SMILES string of the molecule is CCOc1cc(/C=N\NC(=O)[C@@H]2CC(=O)N(c3ccc(Cl)cc3)C2)cc(I)c1OCC. The lowest BCUT2D eigenvalue weighted by Crippen LogP contribution is -2.30. The topological polar surface area (TPSA) is 80.2 Å². The zero-order chi connectivity index (χ0) is 22.4. The van der Waals surface area contributed by atoms with E-state index >= 15 is 0 Å². The molecule has 0 radical (unpaired) electrons. The van der Waals surface area contributed by atoms with E-state index in [0.29, 0.717) is 36.3 Å². The van der Waals surface area contributed by atoms with E-state index in [4.69, 9.17) is 21.1 Å². The Morgan fingerprint density at radius 2 is 1.97 bits per heavy atom. The Kier molecular flexibility index (Phi) is 8.14. The molecule has 0 saturated carbocycles. The molecule has 1 fully saturated rings. The lowest BCUT2D eigenvalue weighted by Gasteiger charge is -2.16. The minimum atomic E-state index is -0.472. The van der Waals surface area contributed by atoms with Gasteiger partial charge in [-0.05, 0) is 78.4 Å². The first kappa shape index (κ1) is 23.3. The summed E-state index contributed by atoms with van der Waals surface area (Å²) in [7, 11) is 0. The minimum absolute atomic E-state index is 0.103. The Morgan fingerprint density at radius 3 is 2.65 bits per heavy atom. The molecule has 2 amide bonds. The molecule has 0 unspecified atom stereocenters. The van der Waals surface area contributed by atoms with Crippen LogP contribution in [0.15, 0.2) is 41.5 Å². The number of carbonyl (C=O) groups excluding carboxylic acids is 2. The number of halogens is 2. The van der Waals surface area contributed by atoms with E-state index in [1.165, 1.54) is 0 Å². The van der Waals surface area contributed by atoms with Crippen molar-refractivity contribution < 1.29 is 19.1 Å². The summed E-state index contributed by atoms with van der Waals surface area (Å²) in [4.78, 5) is 26.4. The molecule has 0 bridgehead atoms. The maximum absolute atomic E-state index is 12.5. The Hall–Kier alpha value is -2.33. The van der Waals surface area contributed by atoms with Gasteiger partial charge in [-0.3, -0.25) is 9.59 Å². The van der Waals surface area contributed by atoms with Gasteiger partial charge in [0, 0.05) is 23.7 Å². The molecule has 1 heterocycles. The van der Waals surface area contributed by atoms with Crippen LogP contribution < -0.4 is 19.8 Å². The number of hydrogen-bond acceptors (Lipinski definition) is 5. The molecule has 0 aliphatic carbocycles. The predicted molar refractivity (Wildman–Crippen MR) is 129 cm³/mol. The molecule has 0 spiro atoms. The second-order valence-corrected chi connectivity index (χ2v) is 8.41. The third kappa shape index (κ3) is 5.88. The third-order valence-corrected chi connectivity index (χ3v) is 5.70. The molecule has 0 aromatic heterocycles. The summed E-state index contributed by atoms with van der Waals surface area (Å²) >= 11 is 8.08. The summed E-state index contributed by atoms with van der Waals surface area (Å²) in [6.07, 6.45) is 1.69. The quantitative estimate of drug-likeness (QED) is 0.300. The number of hydrogen-bond donors (Lipinski definition) is 1. The van der Waals surface area contributed by atoms with Crippen molar-refractivity contribution in [2.75, 3.05) is 24.7 Å². The number of nitrogens with one attached hydrogen (secondary N) is 1. The van der Waals surface area contributed by atoms with E-state index in [-0.39, 0.29) is 18.2 Å². The van der Waals surface area contributed by atoms with Crippen LogP contribution in [0.3, 0.4) is 0 Å². The maximum atomic E-state index is 12.5. The van der Waals surface area contributed by atoms with Crippen LogP contribution in [0.25, 0.3) is 0 Å². The van der Waals surface area contributed by atoms with E-state index in [1.807, 2.05) is 26.0 Å². The highest BCUT2D eigenvalue weighted by Gasteiger charge is 2.35. The number of hydrazone groups is 1. The Labute approximate surface area is 199 Å². The first-order valence-corrected chi connectivity index (χ1v) is 11.4. The van der Waals surface area contributed by atoms with E-state index in [2.05, 4.69) is 33.1 Å². The average molecular weight is 556 g/mol. The molecule has 3 rings (SSSR count). The summed E-state index contributed by atoms with van der Waals surface area (Å²) in [5.74, 6) is 0.447. The van der Waals surface area contributed by atoms with Gasteiger partial charge in [-0.25, -0.2) is 5.43 Å². The van der Waals surface area contributed by atoms with Crippen LogP contribution in [-0.2, 0) is 9.59 Å². The van der Waals surface area contributed by atoms with Crippen LogP contribution in [0.2, 0.25) is 5.02 Å². The summed E-state index contributed by atoms with van der Waals surface area (Å²) in [5, 5.41) is 4.66. The Balaban J connectivity index is 1.64. The molecule has 1 saturated heterocycles. The van der Waals surface area contributed by atoms with Gasteiger partial charge in [-0.2, -0.15) is 5.10 Å². The molecule has 1 aliphatic heterocycles. The van der Waals surface area contributed by atoms with E-state index in [0.717, 1.165) is 14.8 Å². The fraction of sp³-hybridized carbons (Fsp3) is 0.318. The van der Waals surface area contributed by atoms with Crippen molar-refractivity contribution in [1.29, 1.82) is 0 Å². The molecule has 1 aliphatic rings. The number of nitrogens with zero attached hydrogens (tertiary/aromatic N) is 2. The Morgan fingerprint density at radius 1 is 1.26 bits per heavy atom. The lowest BCUT2D eigenvalue weighted by molar-refractivity contribution is -0.126. The zero-order valence-corrected chi connectivity index (χ0v) is 20.1. The molecule has 1 N–H and O–H groups in total. The molecule has 31 heavy (non-hydrogen) atoms. The smallest absolute Gasteiger partial charge is 0.245 e. The fourth-order valence-electron chi connectivity index (χ4n) is 3.23. The molecular formula is C22H23ClIN3O4. The highest BCUT2D eigenvalue weighted by molar-refractivity contribution is 14.1. The van der Waals surface area contributed by atoms with Gasteiger partial charge in [-0.15, -0.1) is 0 Å². The van der Waals surface area contributed by atoms with Crippen molar-refractivity contribution >= 4 is 57.9 Å². The highest BCUT2D eigenvalue weighted by Crippen LogP contribution is 2.34. The standard InChI is InChI=1S/C22H23ClIN3O4/c1-3-30-19-10-14(9-18(24)21(19)31-4-2)12-25-26-22(29)15-11-20(28)27(13-15)17-7-5-16(23)6-8-17/h5-10,12,15H,3-4,11,13H2,1-2H3,(H,26,29)/b25-12-/t15-/m1/s1. The van der Waals surface area contributed by atoms with Crippen molar-refractivity contribution in [2.24, 2.45) is 11.0 Å². The minimum Gasteiger partial charge on any atom is -0.490 e. The van der Waals surface area contributed by atoms with Crippen molar-refractivity contribution in [1.82, 2.24) is 5.43 Å². The molecule has 1 atom stereocenters. The Bertz CT molecular complexity index is 981. The average Bonchev–Trinajstić information content (AvgIpc) is 3.13. The molecule has 7 nitrogen and oxygen atoms in total. The summed E-state index contributed by atoms with van der Waals surface area (Å²) < 4.78 is 12.2. The van der Waals surface area contributed by atoms with Crippen LogP contribution in [0.4, 0.5) is 5.69 Å². The van der Waals surface area contributed by atoms with E-state index in [9.17, 15) is 9.59 Å². The van der Waals surface area contributed by atoms with Crippen molar-refractivity contribution in [3.8, 4) is 11.5 Å². The third-order valence-electron chi connectivity index (χ3n) is 4.64. The molecule has 2 aromatic rings. The monoisotopic (exact) mass is 555 g/mol. The first-order valence-electron chi connectivity index (χ1n) is 9.90. The van der Waals surface area contributed by atoms with Crippen LogP contribution >= 0.6 is 34.2 Å². The summed E-state index contributed by atoms with van der Waals surface area (Å²) in [5.41, 5.74) is 4.03. The fourth-order valence-corrected chi connectivity index (χ4v) is 4.13. The van der Waals surface area contributed by atoms with Gasteiger partial charge < -0.3 is 14.4 Å². The summed E-state index contributed by atoms with van der Waals surface area (Å²) in [6.45, 7) is 5.16. The highest BCUT2D eigenvalue weighted by atomic mass is 127. The maximum Gasteiger partial charge on any atom is 0.245 e. The number of anilines is 1. The first-order chi connectivity index (χ1) is 14.9. The van der Waals surface area contributed by atoms with Crippen LogP contribution in [0.5, 0.6) is 11.5 Å². The number of benzene rings is 2. The number of ether oxygens (including phenoxy) is 2. The number of carbonyl (C=O) groups is 2. The predicted octanol–water partition coefficient (Wildman–Crippen LogP) is 4.25. The zero-order valence-electron chi connectivity index (χ0n) is 17.2. The lowest BCUT2D eigenvalue weighted by atomic mass is 10.1. The largest absolute Gasteiger partial charge is 0.490 e. The van der Waals surface area contributed by atoms with E-state index in [1.54, 1.807) is 35.4 Å². The molecule has 9 heteroatoms. The van der Waals surface area contributed by atoms with Crippen LogP contribution in [0, 0.1) is 9.49 Å². The molecular weight excluding hydrogens is 533 g/mol. The van der Waals surface area contributed by atoms with Gasteiger partial charge in [0.15, 0.2) is 11.5 Å². The van der Waals surface area contributed by atoms with Gasteiger partial charge in [0.2, 0.25) is 11.8 Å². The second kappa shape index (κ2) is 10.8. The van der Waals surface area contributed by atoms with Gasteiger partial charge in [0.05, 0.1) is 28.9 Å². The molecule has 164 valence electrons. The number of amides is 2. The van der Waals surface area contributed by atoms with Gasteiger partial charge in [0.25, 0.3) is 0 Å². The van der Waals surface area contributed by atoms with E-state index < -0.39 is 5.92 Å². The van der Waals surface area contributed by atoms with Crippen molar-refractivity contribution in [2.45, 2.75) is 20.3 Å². The number of rotatable bonds is 8. The van der Waals surface area contributed by atoms with Crippen molar-refractivity contribution in [3.05, 3.63) is 50.6 Å². The second-order valence-electron chi connectivity index (χ2n) is 6.81. The van der Waals surface area contributed by atoms with Gasteiger partial charge in [0.1, 0.15) is 0 Å². The van der Waals surface area contributed by atoms with Crippen LogP contribution in [0.1, 0.15) is 25.8 Å².